The summed E-state index contributed by atoms with van der Waals surface area (Å²) in [5, 5.41) is 12.8. The topological polar surface area (TPSA) is 75.6 Å². The van der Waals surface area contributed by atoms with Gasteiger partial charge in [-0.2, -0.15) is 0 Å². The second kappa shape index (κ2) is 8.01. The molecule has 142 valence electrons. The van der Waals surface area contributed by atoms with Crippen LogP contribution in [0, 0.1) is 5.41 Å². The van der Waals surface area contributed by atoms with Crippen molar-refractivity contribution in [2.24, 2.45) is 5.41 Å². The van der Waals surface area contributed by atoms with E-state index in [0.717, 1.165) is 24.0 Å². The number of rotatable bonds is 7. The summed E-state index contributed by atoms with van der Waals surface area (Å²) >= 11 is 6.34. The smallest absolute Gasteiger partial charge is 0.408 e. The zero-order chi connectivity index (χ0) is 19.4. The second-order valence-corrected chi connectivity index (χ2v) is 7.58. The summed E-state index contributed by atoms with van der Waals surface area (Å²) in [6.07, 6.45) is 1.01. The van der Waals surface area contributed by atoms with Gasteiger partial charge >= 0.3 is 12.1 Å². The first-order valence-electron chi connectivity index (χ1n) is 8.85. The van der Waals surface area contributed by atoms with Gasteiger partial charge in [0.1, 0.15) is 12.6 Å². The van der Waals surface area contributed by atoms with E-state index in [4.69, 9.17) is 16.3 Å². The van der Waals surface area contributed by atoms with Crippen LogP contribution in [0.15, 0.2) is 54.6 Å². The SMILES string of the molecule is CC1(C(c2ccccc2Cl)C(NC(=O)OCc2ccccc2)C(=O)O)CC1. The van der Waals surface area contributed by atoms with Gasteiger partial charge in [0, 0.05) is 10.9 Å². The lowest BCUT2D eigenvalue weighted by molar-refractivity contribution is -0.140. The summed E-state index contributed by atoms with van der Waals surface area (Å²) in [6, 6.07) is 15.3. The Bertz CT molecular complexity index is 820. The van der Waals surface area contributed by atoms with Crippen molar-refractivity contribution in [2.45, 2.75) is 38.3 Å². The van der Waals surface area contributed by atoms with Gasteiger partial charge in [-0.1, -0.05) is 67.1 Å². The molecule has 0 aliphatic heterocycles. The van der Waals surface area contributed by atoms with E-state index in [0.29, 0.717) is 5.02 Å². The van der Waals surface area contributed by atoms with Crippen molar-refractivity contribution in [3.63, 3.8) is 0 Å². The molecule has 0 spiro atoms. The molecular formula is C21H22ClNO4. The fourth-order valence-electron chi connectivity index (χ4n) is 3.37. The zero-order valence-electron chi connectivity index (χ0n) is 15.0. The van der Waals surface area contributed by atoms with E-state index >= 15 is 0 Å². The molecule has 5 nitrogen and oxygen atoms in total. The largest absolute Gasteiger partial charge is 0.480 e. The van der Waals surface area contributed by atoms with Crippen LogP contribution in [0.5, 0.6) is 0 Å². The summed E-state index contributed by atoms with van der Waals surface area (Å²) in [7, 11) is 0. The minimum atomic E-state index is -1.12. The number of hydrogen-bond acceptors (Lipinski definition) is 3. The minimum absolute atomic E-state index is 0.0764. The molecule has 2 N–H and O–H groups in total. The van der Waals surface area contributed by atoms with Crippen LogP contribution in [0.25, 0.3) is 0 Å². The van der Waals surface area contributed by atoms with Gasteiger partial charge < -0.3 is 15.2 Å². The Labute approximate surface area is 163 Å². The van der Waals surface area contributed by atoms with Crippen molar-refractivity contribution in [1.82, 2.24) is 5.32 Å². The molecule has 1 amide bonds. The molecule has 2 atom stereocenters. The third-order valence-corrected chi connectivity index (χ3v) is 5.46. The van der Waals surface area contributed by atoms with Crippen LogP contribution in [0.3, 0.4) is 0 Å². The number of aliphatic carboxylic acids is 1. The number of hydrogen-bond donors (Lipinski definition) is 2. The highest BCUT2D eigenvalue weighted by Crippen LogP contribution is 2.57. The molecule has 1 aliphatic carbocycles. The molecule has 0 bridgehead atoms. The van der Waals surface area contributed by atoms with Gasteiger partial charge in [0.2, 0.25) is 0 Å². The quantitative estimate of drug-likeness (QED) is 0.727. The van der Waals surface area contributed by atoms with Crippen LogP contribution < -0.4 is 5.32 Å². The van der Waals surface area contributed by atoms with Gasteiger partial charge in [0.05, 0.1) is 0 Å². The molecule has 6 heteroatoms. The highest BCUT2D eigenvalue weighted by Gasteiger charge is 2.51. The van der Waals surface area contributed by atoms with E-state index in [-0.39, 0.29) is 12.0 Å². The molecule has 1 saturated carbocycles. The van der Waals surface area contributed by atoms with Gasteiger partial charge in [-0.3, -0.25) is 0 Å². The van der Waals surface area contributed by atoms with E-state index in [9.17, 15) is 14.7 Å². The average molecular weight is 388 g/mol. The standard InChI is InChI=1S/C21H22ClNO4/c1-21(11-12-21)17(15-9-5-6-10-16(15)22)18(19(24)25)23-20(26)27-13-14-7-3-2-4-8-14/h2-10,17-18H,11-13H2,1H3,(H,23,26)(H,24,25). The van der Waals surface area contributed by atoms with Crippen molar-refractivity contribution >= 4 is 23.7 Å². The van der Waals surface area contributed by atoms with Crippen molar-refractivity contribution in [3.8, 4) is 0 Å². The van der Waals surface area contributed by atoms with Crippen LogP contribution in [-0.2, 0) is 16.1 Å². The van der Waals surface area contributed by atoms with E-state index in [1.165, 1.54) is 0 Å². The summed E-state index contributed by atoms with van der Waals surface area (Å²) in [4.78, 5) is 24.3. The fourth-order valence-corrected chi connectivity index (χ4v) is 3.63. The molecule has 0 heterocycles. The van der Waals surface area contributed by atoms with E-state index < -0.39 is 24.0 Å². The zero-order valence-corrected chi connectivity index (χ0v) is 15.8. The Morgan fingerprint density at radius 1 is 1.15 bits per heavy atom. The normalized spacial score (nSPS) is 16.8. The summed E-state index contributed by atoms with van der Waals surface area (Å²) < 4.78 is 5.21. The summed E-state index contributed by atoms with van der Waals surface area (Å²) in [5.74, 6) is -1.54. The number of carboxylic acid groups (broad SMARTS) is 1. The monoisotopic (exact) mass is 387 g/mol. The molecule has 27 heavy (non-hydrogen) atoms. The second-order valence-electron chi connectivity index (χ2n) is 7.18. The lowest BCUT2D eigenvalue weighted by Crippen LogP contribution is -2.47. The maximum Gasteiger partial charge on any atom is 0.408 e. The number of alkyl carbamates (subject to hydrolysis) is 1. The number of carbonyl (C=O) groups is 2. The molecule has 2 aromatic rings. The molecule has 3 rings (SSSR count). The first-order chi connectivity index (χ1) is 12.9. The summed E-state index contributed by atoms with van der Waals surface area (Å²) in [6.45, 7) is 2.10. The van der Waals surface area contributed by atoms with Gasteiger partial charge in [-0.05, 0) is 35.4 Å². The van der Waals surface area contributed by atoms with Gasteiger partial charge in [0.15, 0.2) is 0 Å². The van der Waals surface area contributed by atoms with E-state index in [1.807, 2.05) is 49.4 Å². The third kappa shape index (κ3) is 4.61. The average Bonchev–Trinajstić information content (AvgIpc) is 3.40. The molecule has 0 aromatic heterocycles. The fraction of sp³-hybridized carbons (Fsp3) is 0.333. The lowest BCUT2D eigenvalue weighted by Gasteiger charge is -2.31. The van der Waals surface area contributed by atoms with Crippen LogP contribution in [-0.4, -0.2) is 23.2 Å². The van der Waals surface area contributed by atoms with Crippen LogP contribution >= 0.6 is 11.6 Å². The predicted octanol–water partition coefficient (Wildman–Crippen LogP) is 4.60. The van der Waals surface area contributed by atoms with Crippen molar-refractivity contribution in [1.29, 1.82) is 0 Å². The molecular weight excluding hydrogens is 366 g/mol. The molecule has 2 unspecified atom stereocenters. The molecule has 1 aliphatic rings. The first kappa shape index (κ1) is 19.2. The maximum absolute atomic E-state index is 12.3. The van der Waals surface area contributed by atoms with Crippen molar-refractivity contribution in [2.75, 3.05) is 0 Å². The first-order valence-corrected chi connectivity index (χ1v) is 9.23. The number of benzene rings is 2. The minimum Gasteiger partial charge on any atom is -0.480 e. The van der Waals surface area contributed by atoms with E-state index in [2.05, 4.69) is 5.32 Å². The third-order valence-electron chi connectivity index (χ3n) is 5.12. The highest BCUT2D eigenvalue weighted by atomic mass is 35.5. The summed E-state index contributed by atoms with van der Waals surface area (Å²) in [5.41, 5.74) is 1.34. The predicted molar refractivity (Wildman–Crippen MR) is 103 cm³/mol. The molecule has 2 aromatic carbocycles. The van der Waals surface area contributed by atoms with Crippen molar-refractivity contribution in [3.05, 3.63) is 70.7 Å². The number of halogens is 1. The number of carbonyl (C=O) groups excluding carboxylic acids is 1. The van der Waals surface area contributed by atoms with E-state index in [1.54, 1.807) is 12.1 Å². The Morgan fingerprint density at radius 3 is 2.37 bits per heavy atom. The van der Waals surface area contributed by atoms with Crippen molar-refractivity contribution < 1.29 is 19.4 Å². The number of nitrogens with one attached hydrogen (secondary N) is 1. The van der Waals surface area contributed by atoms with Gasteiger partial charge in [0.25, 0.3) is 0 Å². The van der Waals surface area contributed by atoms with Gasteiger partial charge in [-0.25, -0.2) is 9.59 Å². The molecule has 0 saturated heterocycles. The van der Waals surface area contributed by atoms with Crippen LogP contribution in [0.4, 0.5) is 4.79 Å². The number of ether oxygens (including phenoxy) is 1. The Kier molecular flexibility index (Phi) is 5.71. The van der Waals surface area contributed by atoms with Gasteiger partial charge in [-0.15, -0.1) is 0 Å². The maximum atomic E-state index is 12.3. The number of carboxylic acids is 1. The Morgan fingerprint density at radius 2 is 1.78 bits per heavy atom. The molecule has 1 fully saturated rings. The Hall–Kier alpha value is -2.53. The lowest BCUT2D eigenvalue weighted by atomic mass is 9.79. The van der Waals surface area contributed by atoms with Crippen LogP contribution in [0.2, 0.25) is 5.02 Å². The Balaban J connectivity index is 1.77. The number of amides is 1. The van der Waals surface area contributed by atoms with Crippen LogP contribution in [0.1, 0.15) is 36.8 Å². The molecule has 0 radical (unpaired) electrons. The highest BCUT2D eigenvalue weighted by molar-refractivity contribution is 6.31.